The van der Waals surface area contributed by atoms with E-state index in [1.807, 2.05) is 13.8 Å². The third-order valence-electron chi connectivity index (χ3n) is 3.52. The Morgan fingerprint density at radius 2 is 2.10 bits per heavy atom. The zero-order chi connectivity index (χ0) is 15.3. The van der Waals surface area contributed by atoms with Crippen LogP contribution < -0.4 is 0 Å². The van der Waals surface area contributed by atoms with Crippen LogP contribution in [0.1, 0.15) is 39.5 Å². The van der Waals surface area contributed by atoms with E-state index in [0.29, 0.717) is 31.0 Å². The van der Waals surface area contributed by atoms with Crippen molar-refractivity contribution in [2.45, 2.75) is 39.0 Å². The first-order valence-corrected chi connectivity index (χ1v) is 6.95. The molecule has 112 valence electrons. The molecular weight excluding hydrogens is 272 g/mol. The Kier molecular flexibility index (Phi) is 4.62. The van der Waals surface area contributed by atoms with Crippen LogP contribution >= 0.6 is 0 Å². The second-order valence-corrected chi connectivity index (χ2v) is 4.53. The molecule has 0 aliphatic rings. The SMILES string of the molecule is CCOC(=O)C(CC)(CC)c1nc(-c2ccncn2)no1. The highest BCUT2D eigenvalue weighted by atomic mass is 16.5. The molecule has 2 heterocycles. The Morgan fingerprint density at radius 3 is 2.67 bits per heavy atom. The highest BCUT2D eigenvalue weighted by molar-refractivity contribution is 5.81. The predicted octanol–water partition coefficient (Wildman–Crippen LogP) is 2.15. The van der Waals surface area contributed by atoms with Crippen LogP contribution in [0.15, 0.2) is 23.1 Å². The van der Waals surface area contributed by atoms with Crippen molar-refractivity contribution in [2.75, 3.05) is 6.61 Å². The lowest BCUT2D eigenvalue weighted by Gasteiger charge is -2.24. The number of ether oxygens (including phenoxy) is 1. The molecule has 21 heavy (non-hydrogen) atoms. The van der Waals surface area contributed by atoms with Gasteiger partial charge >= 0.3 is 5.97 Å². The molecule has 0 aliphatic carbocycles. The van der Waals surface area contributed by atoms with Crippen molar-refractivity contribution < 1.29 is 14.1 Å². The topological polar surface area (TPSA) is 91.0 Å². The fraction of sp³-hybridized carbons (Fsp3) is 0.500. The van der Waals surface area contributed by atoms with E-state index in [-0.39, 0.29) is 11.9 Å². The lowest BCUT2D eigenvalue weighted by Crippen LogP contribution is -2.36. The minimum absolute atomic E-state index is 0.263. The van der Waals surface area contributed by atoms with Crippen LogP contribution in [0.2, 0.25) is 0 Å². The van der Waals surface area contributed by atoms with Crippen LogP contribution in [0.3, 0.4) is 0 Å². The minimum atomic E-state index is -0.908. The lowest BCUT2D eigenvalue weighted by atomic mass is 9.82. The molecule has 0 aliphatic heterocycles. The van der Waals surface area contributed by atoms with Gasteiger partial charge in [-0.05, 0) is 25.8 Å². The van der Waals surface area contributed by atoms with E-state index in [0.717, 1.165) is 0 Å². The monoisotopic (exact) mass is 290 g/mol. The summed E-state index contributed by atoms with van der Waals surface area (Å²) in [6.07, 6.45) is 4.04. The number of nitrogens with zero attached hydrogens (tertiary/aromatic N) is 4. The highest BCUT2D eigenvalue weighted by Crippen LogP contribution is 2.33. The number of rotatable bonds is 6. The number of esters is 1. The number of hydrogen-bond acceptors (Lipinski definition) is 7. The fourth-order valence-corrected chi connectivity index (χ4v) is 2.14. The van der Waals surface area contributed by atoms with Crippen LogP contribution in [0.5, 0.6) is 0 Å². The number of carbonyl (C=O) groups excluding carboxylic acids is 1. The van der Waals surface area contributed by atoms with Gasteiger partial charge in [0.1, 0.15) is 17.4 Å². The smallest absolute Gasteiger partial charge is 0.321 e. The van der Waals surface area contributed by atoms with Gasteiger partial charge in [0.2, 0.25) is 11.7 Å². The van der Waals surface area contributed by atoms with Gasteiger partial charge in [-0.2, -0.15) is 4.98 Å². The lowest BCUT2D eigenvalue weighted by molar-refractivity contribution is -0.151. The van der Waals surface area contributed by atoms with Gasteiger partial charge in [-0.25, -0.2) is 9.97 Å². The zero-order valence-corrected chi connectivity index (χ0v) is 12.4. The van der Waals surface area contributed by atoms with E-state index in [1.165, 1.54) is 6.33 Å². The summed E-state index contributed by atoms with van der Waals surface area (Å²) in [6, 6.07) is 1.68. The van der Waals surface area contributed by atoms with Crippen molar-refractivity contribution in [1.29, 1.82) is 0 Å². The largest absolute Gasteiger partial charge is 0.465 e. The Balaban J connectivity index is 2.39. The van der Waals surface area contributed by atoms with Crippen LogP contribution in [0.25, 0.3) is 11.5 Å². The first-order chi connectivity index (χ1) is 10.2. The number of hydrogen-bond donors (Lipinski definition) is 0. The maximum atomic E-state index is 12.3. The molecule has 0 atom stereocenters. The van der Waals surface area contributed by atoms with E-state index in [9.17, 15) is 4.79 Å². The molecule has 0 spiro atoms. The number of carbonyl (C=O) groups is 1. The van der Waals surface area contributed by atoms with Crippen molar-refractivity contribution in [3.05, 3.63) is 24.5 Å². The van der Waals surface area contributed by atoms with E-state index in [2.05, 4.69) is 20.1 Å². The van der Waals surface area contributed by atoms with Crippen LogP contribution in [0, 0.1) is 0 Å². The summed E-state index contributed by atoms with van der Waals surface area (Å²) >= 11 is 0. The average Bonchev–Trinajstić information content (AvgIpc) is 3.01. The van der Waals surface area contributed by atoms with Crippen LogP contribution in [-0.4, -0.2) is 32.7 Å². The van der Waals surface area contributed by atoms with E-state index < -0.39 is 5.41 Å². The maximum Gasteiger partial charge on any atom is 0.321 e. The fourth-order valence-electron chi connectivity index (χ4n) is 2.14. The third-order valence-corrected chi connectivity index (χ3v) is 3.52. The van der Waals surface area contributed by atoms with Crippen molar-refractivity contribution in [3.63, 3.8) is 0 Å². The first kappa shape index (κ1) is 15.1. The molecule has 0 fully saturated rings. The first-order valence-electron chi connectivity index (χ1n) is 6.95. The number of aromatic nitrogens is 4. The normalized spacial score (nSPS) is 11.4. The van der Waals surface area contributed by atoms with E-state index in [1.54, 1.807) is 19.2 Å². The van der Waals surface area contributed by atoms with Crippen molar-refractivity contribution in [3.8, 4) is 11.5 Å². The van der Waals surface area contributed by atoms with Crippen LogP contribution in [-0.2, 0) is 14.9 Å². The highest BCUT2D eigenvalue weighted by Gasteiger charge is 2.44. The Morgan fingerprint density at radius 1 is 1.33 bits per heavy atom. The molecule has 0 amide bonds. The summed E-state index contributed by atoms with van der Waals surface area (Å²) in [5.41, 5.74) is -0.362. The summed E-state index contributed by atoms with van der Waals surface area (Å²) in [6.45, 7) is 5.88. The molecule has 0 N–H and O–H groups in total. The molecule has 0 saturated heterocycles. The molecule has 0 aromatic carbocycles. The second-order valence-electron chi connectivity index (χ2n) is 4.53. The Labute approximate surface area is 122 Å². The van der Waals surface area contributed by atoms with Crippen molar-refractivity contribution in [1.82, 2.24) is 20.1 Å². The minimum Gasteiger partial charge on any atom is -0.465 e. The molecule has 0 unspecified atom stereocenters. The summed E-state index contributed by atoms with van der Waals surface area (Å²) in [7, 11) is 0. The van der Waals surface area contributed by atoms with Gasteiger partial charge in [0.25, 0.3) is 0 Å². The summed E-state index contributed by atoms with van der Waals surface area (Å²) in [5, 5.41) is 3.91. The predicted molar refractivity (Wildman–Crippen MR) is 74.2 cm³/mol. The maximum absolute atomic E-state index is 12.3. The molecule has 2 aromatic heterocycles. The molecule has 0 saturated carbocycles. The third kappa shape index (κ3) is 2.76. The van der Waals surface area contributed by atoms with E-state index >= 15 is 0 Å². The summed E-state index contributed by atoms with van der Waals surface area (Å²) in [5.74, 6) is 0.260. The molecule has 2 rings (SSSR count). The summed E-state index contributed by atoms with van der Waals surface area (Å²) < 4.78 is 10.5. The molecule has 0 radical (unpaired) electrons. The summed E-state index contributed by atoms with van der Waals surface area (Å²) in [4.78, 5) is 24.5. The zero-order valence-electron chi connectivity index (χ0n) is 12.4. The Hall–Kier alpha value is -2.31. The van der Waals surface area contributed by atoms with Gasteiger partial charge in [-0.3, -0.25) is 4.79 Å². The van der Waals surface area contributed by atoms with Gasteiger partial charge in [-0.1, -0.05) is 19.0 Å². The molecule has 7 nitrogen and oxygen atoms in total. The van der Waals surface area contributed by atoms with Crippen molar-refractivity contribution >= 4 is 5.97 Å². The Bertz CT molecular complexity index is 593. The standard InChI is InChI=1S/C14H18N4O3/c1-4-14(5-2,13(19)20-6-3)12-17-11(18-21-12)10-7-8-15-9-16-10/h7-9H,4-6H2,1-3H3. The molecule has 7 heteroatoms. The van der Waals surface area contributed by atoms with E-state index in [4.69, 9.17) is 9.26 Å². The van der Waals surface area contributed by atoms with Gasteiger partial charge in [0, 0.05) is 6.20 Å². The quantitative estimate of drug-likeness (QED) is 0.753. The average molecular weight is 290 g/mol. The van der Waals surface area contributed by atoms with Gasteiger partial charge in [0.05, 0.1) is 6.61 Å². The molecule has 0 bridgehead atoms. The van der Waals surface area contributed by atoms with Crippen molar-refractivity contribution in [2.24, 2.45) is 0 Å². The van der Waals surface area contributed by atoms with Crippen LogP contribution in [0.4, 0.5) is 0 Å². The van der Waals surface area contributed by atoms with Gasteiger partial charge in [0.15, 0.2) is 0 Å². The van der Waals surface area contributed by atoms with Gasteiger partial charge < -0.3 is 9.26 Å². The van der Waals surface area contributed by atoms with Gasteiger partial charge in [-0.15, -0.1) is 0 Å². The second kappa shape index (κ2) is 6.43. The molecular formula is C14H18N4O3. The molecule has 2 aromatic rings.